The van der Waals surface area contributed by atoms with Crippen molar-refractivity contribution >= 4 is 82.5 Å². The molecule has 0 bridgehead atoms. The molecule has 2 atom stereocenters. The molecule has 52 heavy (non-hydrogen) atoms. The molecule has 12 heteroatoms. The molecular formula is C40H68O6S6. The Balaban J connectivity index is 1.84. The maximum Gasteiger partial charge on any atom is 0.346 e. The van der Waals surface area contributed by atoms with Crippen LogP contribution in [-0.2, 0) is 28.5 Å². The van der Waals surface area contributed by atoms with E-state index in [0.717, 1.165) is 46.0 Å². The number of unbranched alkanes of at least 4 members (excludes halogenated alkanes) is 18. The molecule has 0 saturated carbocycles. The van der Waals surface area contributed by atoms with Crippen LogP contribution in [0, 0.1) is 0 Å². The first kappa shape index (κ1) is 48.3. The number of hydrogen-bond acceptors (Lipinski definition) is 12. The Morgan fingerprint density at radius 2 is 0.808 bits per heavy atom. The Labute approximate surface area is 342 Å². The Kier molecular flexibility index (Phi) is 29.1. The number of hydrogen-bond donors (Lipinski definition) is 0. The van der Waals surface area contributed by atoms with E-state index in [4.69, 9.17) is 18.9 Å². The Bertz CT molecular complexity index is 1030. The van der Waals surface area contributed by atoms with Crippen LogP contribution in [0.5, 0.6) is 0 Å². The summed E-state index contributed by atoms with van der Waals surface area (Å²) in [6.07, 6.45) is 26.8. The second kappa shape index (κ2) is 31.3. The summed E-state index contributed by atoms with van der Waals surface area (Å²) >= 11 is 9.75. The molecule has 0 aliphatic carbocycles. The summed E-state index contributed by atoms with van der Waals surface area (Å²) in [5.41, 5.74) is 0. The van der Waals surface area contributed by atoms with E-state index >= 15 is 0 Å². The largest absolute Gasteiger partial charge is 0.465 e. The van der Waals surface area contributed by atoms with Gasteiger partial charge in [-0.3, -0.25) is 0 Å². The molecule has 2 aliphatic rings. The lowest BCUT2D eigenvalue weighted by atomic mass is 10.1. The molecule has 2 heterocycles. The van der Waals surface area contributed by atoms with Gasteiger partial charge in [-0.15, -0.1) is 23.5 Å². The number of ether oxygens (including phenoxy) is 4. The van der Waals surface area contributed by atoms with Gasteiger partial charge in [0.25, 0.3) is 0 Å². The molecule has 6 nitrogen and oxygen atoms in total. The van der Waals surface area contributed by atoms with Crippen LogP contribution in [0.4, 0.5) is 0 Å². The van der Waals surface area contributed by atoms with Crippen LogP contribution in [0.25, 0.3) is 0 Å². The number of esters is 2. The summed E-state index contributed by atoms with van der Waals surface area (Å²) in [4.78, 5) is 25.6. The molecule has 0 aromatic carbocycles. The standard InChI is InChI=1S/C40H68O6S6/c1-7-9-11-13-15-17-19-21-23-25-27-45-31(3)29-47-37-38(48-30-32(4)46-28-26-24-22-20-18-16-14-12-10-8-2)52-40(51-37)39-49-33(35(41)43-5)34(50-39)36(42)44-6/h31-32H,7-30H2,1-6H3/t31-,32-/m0/s1. The van der Waals surface area contributed by atoms with E-state index in [1.807, 2.05) is 23.5 Å². The molecule has 0 radical (unpaired) electrons. The Morgan fingerprint density at radius 3 is 1.13 bits per heavy atom. The fourth-order valence-electron chi connectivity index (χ4n) is 5.60. The zero-order valence-corrected chi connectivity index (χ0v) is 37.9. The van der Waals surface area contributed by atoms with Crippen LogP contribution >= 0.6 is 70.6 Å². The maximum atomic E-state index is 12.5. The topological polar surface area (TPSA) is 71.1 Å². The van der Waals surface area contributed by atoms with Crippen molar-refractivity contribution in [2.45, 2.75) is 168 Å². The van der Waals surface area contributed by atoms with E-state index in [1.165, 1.54) is 162 Å². The lowest BCUT2D eigenvalue weighted by molar-refractivity contribution is -0.138. The first-order valence-electron chi connectivity index (χ1n) is 19.9. The van der Waals surface area contributed by atoms with Crippen molar-refractivity contribution in [3.05, 3.63) is 26.8 Å². The number of carbonyl (C=O) groups excluding carboxylic acids is 2. The van der Waals surface area contributed by atoms with Gasteiger partial charge in [-0.1, -0.05) is 176 Å². The van der Waals surface area contributed by atoms with Gasteiger partial charge in [0.05, 0.1) is 43.4 Å². The van der Waals surface area contributed by atoms with Crippen molar-refractivity contribution < 1.29 is 28.5 Å². The van der Waals surface area contributed by atoms with Gasteiger partial charge in [0, 0.05) is 24.7 Å². The van der Waals surface area contributed by atoms with Gasteiger partial charge in [-0.05, 0) is 26.7 Å². The van der Waals surface area contributed by atoms with Gasteiger partial charge < -0.3 is 18.9 Å². The fourth-order valence-corrected chi connectivity index (χ4v) is 14.2. The highest BCUT2D eigenvalue weighted by Gasteiger charge is 2.36. The summed E-state index contributed by atoms with van der Waals surface area (Å²) in [5, 5.41) is 0. The smallest absolute Gasteiger partial charge is 0.346 e. The van der Waals surface area contributed by atoms with Crippen molar-refractivity contribution in [1.29, 1.82) is 0 Å². The quantitative estimate of drug-likeness (QED) is 0.0478. The van der Waals surface area contributed by atoms with Crippen LogP contribution in [0.3, 0.4) is 0 Å². The molecular weight excluding hydrogens is 769 g/mol. The Morgan fingerprint density at radius 1 is 0.500 bits per heavy atom. The van der Waals surface area contributed by atoms with E-state index in [2.05, 4.69) is 27.7 Å². The average molecular weight is 837 g/mol. The van der Waals surface area contributed by atoms with Crippen LogP contribution in [0.1, 0.15) is 156 Å². The van der Waals surface area contributed by atoms with Crippen molar-refractivity contribution in [1.82, 2.24) is 0 Å². The monoisotopic (exact) mass is 836 g/mol. The molecule has 0 amide bonds. The van der Waals surface area contributed by atoms with Gasteiger partial charge in [0.1, 0.15) is 9.81 Å². The van der Waals surface area contributed by atoms with E-state index in [-0.39, 0.29) is 12.2 Å². The third-order valence-corrected chi connectivity index (χ3v) is 17.8. The minimum absolute atomic E-state index is 0.154. The third-order valence-electron chi connectivity index (χ3n) is 8.74. The predicted octanol–water partition coefficient (Wildman–Crippen LogP) is 13.9. The van der Waals surface area contributed by atoms with Crippen LogP contribution in [0.15, 0.2) is 26.8 Å². The second-order valence-corrected chi connectivity index (χ2v) is 20.7. The first-order chi connectivity index (χ1) is 25.3. The molecule has 0 aromatic heterocycles. The summed E-state index contributed by atoms with van der Waals surface area (Å²) in [7, 11) is 2.67. The molecule has 300 valence electrons. The molecule has 0 fully saturated rings. The highest BCUT2D eigenvalue weighted by atomic mass is 32.3. The number of rotatable bonds is 32. The van der Waals surface area contributed by atoms with Crippen molar-refractivity contribution in [2.24, 2.45) is 0 Å². The van der Waals surface area contributed by atoms with Crippen LogP contribution < -0.4 is 0 Å². The average Bonchev–Trinajstić information content (AvgIpc) is 3.78. The lowest BCUT2D eigenvalue weighted by Gasteiger charge is -2.15. The second-order valence-electron chi connectivity index (χ2n) is 13.5. The lowest BCUT2D eigenvalue weighted by Crippen LogP contribution is -2.12. The number of methoxy groups -OCH3 is 2. The molecule has 0 spiro atoms. The normalized spacial score (nSPS) is 16.0. The van der Waals surface area contributed by atoms with Gasteiger partial charge in [0.15, 0.2) is 0 Å². The first-order valence-corrected chi connectivity index (χ1v) is 25.2. The highest BCUT2D eigenvalue weighted by Crippen LogP contribution is 2.64. The fraction of sp³-hybridized carbons (Fsp3) is 0.800. The van der Waals surface area contributed by atoms with Gasteiger partial charge in [-0.25, -0.2) is 9.59 Å². The van der Waals surface area contributed by atoms with Gasteiger partial charge in [0.2, 0.25) is 0 Å². The van der Waals surface area contributed by atoms with Crippen LogP contribution in [0.2, 0.25) is 0 Å². The van der Waals surface area contributed by atoms with E-state index < -0.39 is 11.9 Å². The zero-order valence-electron chi connectivity index (χ0n) is 33.0. The zero-order chi connectivity index (χ0) is 37.8. The predicted molar refractivity (Wildman–Crippen MR) is 235 cm³/mol. The molecule has 0 aromatic rings. The third kappa shape index (κ3) is 20.9. The van der Waals surface area contributed by atoms with Crippen molar-refractivity contribution in [2.75, 3.05) is 38.9 Å². The number of carbonyl (C=O) groups is 2. The molecule has 0 saturated heterocycles. The van der Waals surface area contributed by atoms with Crippen LogP contribution in [-0.4, -0.2) is 63.1 Å². The summed E-state index contributed by atoms with van der Waals surface area (Å²) in [6.45, 7) is 10.5. The SMILES string of the molecule is CCCCCCCCCCCCO[C@@H](C)CSC1=C(SC[C@H](C)OCCCCCCCCCCCC)SC(=C2SC(C(=O)OC)=C(C(=O)OC)S2)S1. The minimum Gasteiger partial charge on any atom is -0.465 e. The van der Waals surface area contributed by atoms with E-state index in [9.17, 15) is 9.59 Å². The summed E-state index contributed by atoms with van der Waals surface area (Å²) in [6, 6.07) is 0. The minimum atomic E-state index is -0.514. The highest BCUT2D eigenvalue weighted by molar-refractivity contribution is 8.42. The molecule has 2 aliphatic heterocycles. The van der Waals surface area contributed by atoms with E-state index in [0.29, 0.717) is 9.81 Å². The summed E-state index contributed by atoms with van der Waals surface area (Å²) in [5.74, 6) is 0.718. The number of thioether (sulfide) groups is 6. The molecule has 0 N–H and O–H groups in total. The molecule has 0 unspecified atom stereocenters. The van der Waals surface area contributed by atoms with Crippen molar-refractivity contribution in [3.63, 3.8) is 0 Å². The van der Waals surface area contributed by atoms with E-state index in [1.54, 1.807) is 23.5 Å². The van der Waals surface area contributed by atoms with Gasteiger partial charge >= 0.3 is 11.9 Å². The maximum absolute atomic E-state index is 12.5. The van der Waals surface area contributed by atoms with Crippen molar-refractivity contribution in [3.8, 4) is 0 Å². The van der Waals surface area contributed by atoms with Gasteiger partial charge in [-0.2, -0.15) is 0 Å². The summed E-state index contributed by atoms with van der Waals surface area (Å²) < 4.78 is 26.9. The Hall–Kier alpha value is 0.180. The molecule has 2 rings (SSSR count).